The highest BCUT2D eigenvalue weighted by atomic mass is 19.3. The predicted octanol–water partition coefficient (Wildman–Crippen LogP) is 1.71. The van der Waals surface area contributed by atoms with Crippen molar-refractivity contribution in [2.45, 2.75) is 39.0 Å². The summed E-state index contributed by atoms with van der Waals surface area (Å²) in [6, 6.07) is -2.95. The SMILES string of the molecule is CC(C)N1CCOC(C)C1(F)F. The van der Waals surface area contributed by atoms with Gasteiger partial charge in [-0.05, 0) is 20.8 Å². The van der Waals surface area contributed by atoms with E-state index in [1.165, 1.54) is 11.8 Å². The lowest BCUT2D eigenvalue weighted by Gasteiger charge is -2.41. The van der Waals surface area contributed by atoms with Gasteiger partial charge in [0.25, 0.3) is 0 Å². The molecule has 2 nitrogen and oxygen atoms in total. The Kier molecular flexibility index (Phi) is 2.68. The van der Waals surface area contributed by atoms with Crippen molar-refractivity contribution in [2.75, 3.05) is 13.2 Å². The maximum absolute atomic E-state index is 13.3. The van der Waals surface area contributed by atoms with Crippen LogP contribution in [0.2, 0.25) is 0 Å². The summed E-state index contributed by atoms with van der Waals surface area (Å²) in [5, 5.41) is 0. The van der Waals surface area contributed by atoms with Crippen LogP contribution in [0.5, 0.6) is 0 Å². The number of hydrogen-bond donors (Lipinski definition) is 0. The Balaban J connectivity index is 2.72. The summed E-state index contributed by atoms with van der Waals surface area (Å²) < 4.78 is 31.5. The molecule has 1 aliphatic heterocycles. The van der Waals surface area contributed by atoms with E-state index in [1.54, 1.807) is 13.8 Å². The molecular formula is C8H15F2NO. The maximum Gasteiger partial charge on any atom is 0.330 e. The molecule has 0 aromatic carbocycles. The van der Waals surface area contributed by atoms with E-state index < -0.39 is 12.2 Å². The highest BCUT2D eigenvalue weighted by Gasteiger charge is 2.47. The molecule has 0 amide bonds. The first-order valence-corrected chi connectivity index (χ1v) is 4.22. The van der Waals surface area contributed by atoms with Crippen molar-refractivity contribution in [1.82, 2.24) is 4.90 Å². The van der Waals surface area contributed by atoms with Crippen molar-refractivity contribution in [3.63, 3.8) is 0 Å². The summed E-state index contributed by atoms with van der Waals surface area (Å²) in [4.78, 5) is 1.18. The van der Waals surface area contributed by atoms with Gasteiger partial charge in [0.05, 0.1) is 6.61 Å². The van der Waals surface area contributed by atoms with E-state index in [0.29, 0.717) is 13.2 Å². The van der Waals surface area contributed by atoms with Crippen LogP contribution in [-0.2, 0) is 4.74 Å². The van der Waals surface area contributed by atoms with Crippen molar-refractivity contribution >= 4 is 0 Å². The van der Waals surface area contributed by atoms with Gasteiger partial charge < -0.3 is 4.74 Å². The molecule has 0 spiro atoms. The van der Waals surface area contributed by atoms with Gasteiger partial charge >= 0.3 is 6.05 Å². The van der Waals surface area contributed by atoms with Gasteiger partial charge in [0, 0.05) is 12.6 Å². The van der Waals surface area contributed by atoms with Crippen molar-refractivity contribution in [3.05, 3.63) is 0 Å². The fraction of sp³-hybridized carbons (Fsp3) is 1.00. The molecular weight excluding hydrogens is 164 g/mol. The largest absolute Gasteiger partial charge is 0.369 e. The second-order valence-electron chi connectivity index (χ2n) is 3.39. The van der Waals surface area contributed by atoms with Crippen LogP contribution in [0, 0.1) is 0 Å². The Labute approximate surface area is 71.5 Å². The average Bonchev–Trinajstić information content (AvgIpc) is 1.94. The molecule has 1 atom stereocenters. The lowest BCUT2D eigenvalue weighted by molar-refractivity contribution is -0.263. The van der Waals surface area contributed by atoms with Gasteiger partial charge in [0.2, 0.25) is 0 Å². The predicted molar refractivity (Wildman–Crippen MR) is 42.2 cm³/mol. The van der Waals surface area contributed by atoms with E-state index in [-0.39, 0.29) is 6.04 Å². The second-order valence-corrected chi connectivity index (χ2v) is 3.39. The first kappa shape index (κ1) is 9.86. The summed E-state index contributed by atoms with van der Waals surface area (Å²) >= 11 is 0. The van der Waals surface area contributed by atoms with Crippen molar-refractivity contribution < 1.29 is 13.5 Å². The van der Waals surface area contributed by atoms with Gasteiger partial charge in [0.15, 0.2) is 0 Å². The Morgan fingerprint density at radius 3 is 2.50 bits per heavy atom. The molecule has 0 radical (unpaired) electrons. The Morgan fingerprint density at radius 1 is 1.50 bits per heavy atom. The third-order valence-corrected chi connectivity index (χ3v) is 2.20. The molecule has 1 heterocycles. The van der Waals surface area contributed by atoms with E-state index in [4.69, 9.17) is 4.74 Å². The third kappa shape index (κ3) is 1.59. The van der Waals surface area contributed by atoms with Gasteiger partial charge in [-0.1, -0.05) is 0 Å². The molecule has 1 fully saturated rings. The van der Waals surface area contributed by atoms with Crippen molar-refractivity contribution in [1.29, 1.82) is 0 Å². The van der Waals surface area contributed by atoms with Gasteiger partial charge in [-0.25, -0.2) is 4.90 Å². The molecule has 0 bridgehead atoms. The zero-order valence-electron chi connectivity index (χ0n) is 7.68. The van der Waals surface area contributed by atoms with E-state index in [1.807, 2.05) is 0 Å². The van der Waals surface area contributed by atoms with Gasteiger partial charge in [-0.3, -0.25) is 0 Å². The number of rotatable bonds is 1. The van der Waals surface area contributed by atoms with Crippen LogP contribution >= 0.6 is 0 Å². The number of halogens is 2. The zero-order valence-corrected chi connectivity index (χ0v) is 7.68. The number of alkyl halides is 2. The van der Waals surface area contributed by atoms with Crippen LogP contribution in [-0.4, -0.2) is 36.2 Å². The second kappa shape index (κ2) is 3.26. The molecule has 72 valence electrons. The van der Waals surface area contributed by atoms with Crippen LogP contribution < -0.4 is 0 Å². The summed E-state index contributed by atoms with van der Waals surface area (Å²) in [7, 11) is 0. The maximum atomic E-state index is 13.3. The van der Waals surface area contributed by atoms with Crippen LogP contribution in [0.1, 0.15) is 20.8 Å². The molecule has 12 heavy (non-hydrogen) atoms. The molecule has 1 aliphatic rings. The Morgan fingerprint density at radius 2 is 2.08 bits per heavy atom. The molecule has 0 saturated carbocycles. The minimum absolute atomic E-state index is 0.133. The molecule has 1 rings (SSSR count). The smallest absolute Gasteiger partial charge is 0.330 e. The van der Waals surface area contributed by atoms with Crippen molar-refractivity contribution in [2.24, 2.45) is 0 Å². The summed E-state index contributed by atoms with van der Waals surface area (Å²) in [6.07, 6.45) is -0.992. The molecule has 4 heteroatoms. The highest BCUT2D eigenvalue weighted by Crippen LogP contribution is 2.30. The summed E-state index contributed by atoms with van der Waals surface area (Å²) in [5.41, 5.74) is 0. The first-order valence-electron chi connectivity index (χ1n) is 4.22. The standard InChI is InChI=1S/C8H15F2NO/c1-6(2)11-4-5-12-7(3)8(11,9)10/h6-7H,4-5H2,1-3H3. The summed E-state index contributed by atoms with van der Waals surface area (Å²) in [6.45, 7) is 5.66. The number of nitrogens with zero attached hydrogens (tertiary/aromatic N) is 1. The lowest BCUT2D eigenvalue weighted by atomic mass is 10.2. The minimum Gasteiger partial charge on any atom is -0.369 e. The molecule has 1 unspecified atom stereocenters. The van der Waals surface area contributed by atoms with Crippen LogP contribution in [0.3, 0.4) is 0 Å². The van der Waals surface area contributed by atoms with E-state index >= 15 is 0 Å². The minimum atomic E-state index is -2.81. The fourth-order valence-corrected chi connectivity index (χ4v) is 1.41. The normalized spacial score (nSPS) is 31.0. The monoisotopic (exact) mass is 179 g/mol. The van der Waals surface area contributed by atoms with E-state index in [2.05, 4.69) is 0 Å². The van der Waals surface area contributed by atoms with Gasteiger partial charge in [0.1, 0.15) is 6.10 Å². The quantitative estimate of drug-likeness (QED) is 0.568. The van der Waals surface area contributed by atoms with E-state index in [0.717, 1.165) is 0 Å². The zero-order chi connectivity index (χ0) is 9.35. The molecule has 0 aromatic rings. The molecule has 0 N–H and O–H groups in total. The third-order valence-electron chi connectivity index (χ3n) is 2.20. The van der Waals surface area contributed by atoms with Gasteiger partial charge in [-0.2, -0.15) is 8.78 Å². The van der Waals surface area contributed by atoms with Crippen molar-refractivity contribution in [3.8, 4) is 0 Å². The summed E-state index contributed by atoms with van der Waals surface area (Å²) in [5.74, 6) is 0. The number of morpholine rings is 1. The van der Waals surface area contributed by atoms with Crippen LogP contribution in [0.4, 0.5) is 8.78 Å². The average molecular weight is 179 g/mol. The number of ether oxygens (including phenoxy) is 1. The molecule has 0 aliphatic carbocycles. The Bertz CT molecular complexity index is 161. The highest BCUT2D eigenvalue weighted by molar-refractivity contribution is 4.82. The first-order chi connectivity index (χ1) is 5.46. The fourth-order valence-electron chi connectivity index (χ4n) is 1.41. The Hall–Kier alpha value is -0.220. The van der Waals surface area contributed by atoms with Crippen LogP contribution in [0.25, 0.3) is 0 Å². The van der Waals surface area contributed by atoms with Gasteiger partial charge in [-0.15, -0.1) is 0 Å². The molecule has 0 aromatic heterocycles. The lowest BCUT2D eigenvalue weighted by Crippen LogP contribution is -2.58. The van der Waals surface area contributed by atoms with E-state index in [9.17, 15) is 8.78 Å². The topological polar surface area (TPSA) is 12.5 Å². The molecule has 1 saturated heterocycles. The number of hydrogen-bond acceptors (Lipinski definition) is 2. The van der Waals surface area contributed by atoms with Crippen LogP contribution in [0.15, 0.2) is 0 Å².